The Labute approximate surface area is 130 Å². The number of pyridine rings is 1. The van der Waals surface area contributed by atoms with Gasteiger partial charge in [-0.1, -0.05) is 13.8 Å². The van der Waals surface area contributed by atoms with Gasteiger partial charge in [-0.05, 0) is 42.3 Å². The Hall–Kier alpha value is -2.40. The fourth-order valence-electron chi connectivity index (χ4n) is 1.75. The van der Waals surface area contributed by atoms with Crippen molar-refractivity contribution in [2.24, 2.45) is 5.92 Å². The van der Waals surface area contributed by atoms with Crippen LogP contribution in [0.4, 0.5) is 0 Å². The molecule has 2 rings (SSSR count). The molecule has 116 valence electrons. The van der Waals surface area contributed by atoms with Crippen LogP contribution in [0, 0.1) is 5.92 Å². The quantitative estimate of drug-likeness (QED) is 0.860. The van der Waals surface area contributed by atoms with Gasteiger partial charge in [-0.15, -0.1) is 0 Å². The number of ether oxygens (including phenoxy) is 1. The van der Waals surface area contributed by atoms with Crippen LogP contribution in [0.2, 0.25) is 0 Å². The molecule has 1 atom stereocenters. The highest BCUT2D eigenvalue weighted by Gasteiger charge is 2.12. The first kappa shape index (κ1) is 16.0. The number of nitrogens with one attached hydrogen (secondary N) is 1. The van der Waals surface area contributed by atoms with E-state index < -0.39 is 6.10 Å². The number of carbonyl (C=O) groups is 1. The summed E-state index contributed by atoms with van der Waals surface area (Å²) in [7, 11) is 0. The maximum Gasteiger partial charge on any atom is 0.251 e. The largest absolute Gasteiger partial charge is 0.456 e. The Kier molecular flexibility index (Phi) is 5.49. The SMILES string of the molecule is CC(C)C(O)CNC(=O)c1ccc(Oc2cccnc2)cc1. The van der Waals surface area contributed by atoms with Gasteiger partial charge < -0.3 is 15.2 Å². The Morgan fingerprint density at radius 2 is 1.95 bits per heavy atom. The summed E-state index contributed by atoms with van der Waals surface area (Å²) in [5.74, 6) is 1.16. The molecule has 22 heavy (non-hydrogen) atoms. The number of nitrogens with zero attached hydrogens (tertiary/aromatic N) is 1. The molecule has 0 fully saturated rings. The summed E-state index contributed by atoms with van der Waals surface area (Å²) >= 11 is 0. The third-order valence-corrected chi connectivity index (χ3v) is 3.23. The predicted octanol–water partition coefficient (Wildman–Crippen LogP) is 2.62. The Morgan fingerprint density at radius 3 is 2.55 bits per heavy atom. The molecule has 1 aromatic heterocycles. The normalized spacial score (nSPS) is 12.0. The molecule has 1 aromatic carbocycles. The smallest absolute Gasteiger partial charge is 0.251 e. The number of hydrogen-bond acceptors (Lipinski definition) is 4. The van der Waals surface area contributed by atoms with E-state index in [9.17, 15) is 9.90 Å². The number of aliphatic hydroxyl groups is 1. The minimum atomic E-state index is -0.544. The van der Waals surface area contributed by atoms with Crippen LogP contribution in [0.3, 0.4) is 0 Å². The van der Waals surface area contributed by atoms with Crippen molar-refractivity contribution < 1.29 is 14.6 Å². The first-order valence-electron chi connectivity index (χ1n) is 7.20. The lowest BCUT2D eigenvalue weighted by Gasteiger charge is -2.15. The van der Waals surface area contributed by atoms with Gasteiger partial charge in [0.25, 0.3) is 5.91 Å². The summed E-state index contributed by atoms with van der Waals surface area (Å²) in [5, 5.41) is 12.4. The molecule has 0 bridgehead atoms. The summed E-state index contributed by atoms with van der Waals surface area (Å²) in [6.07, 6.45) is 2.75. The van der Waals surface area contributed by atoms with E-state index in [0.717, 1.165) is 0 Å². The van der Waals surface area contributed by atoms with Gasteiger partial charge in [0, 0.05) is 18.3 Å². The summed E-state index contributed by atoms with van der Waals surface area (Å²) in [4.78, 5) is 15.9. The summed E-state index contributed by atoms with van der Waals surface area (Å²) < 4.78 is 5.61. The first-order chi connectivity index (χ1) is 10.6. The molecular formula is C17H20N2O3. The molecule has 5 heteroatoms. The molecule has 1 heterocycles. The second-order valence-electron chi connectivity index (χ2n) is 5.34. The molecule has 0 aliphatic rings. The zero-order valence-electron chi connectivity index (χ0n) is 12.7. The monoisotopic (exact) mass is 300 g/mol. The molecule has 2 N–H and O–H groups in total. The minimum Gasteiger partial charge on any atom is -0.456 e. The lowest BCUT2D eigenvalue weighted by atomic mass is 10.1. The predicted molar refractivity (Wildman–Crippen MR) is 83.9 cm³/mol. The number of carbonyl (C=O) groups excluding carboxylic acids is 1. The number of benzene rings is 1. The van der Waals surface area contributed by atoms with Crippen LogP contribution >= 0.6 is 0 Å². The molecule has 2 aromatic rings. The molecule has 0 radical (unpaired) electrons. The molecular weight excluding hydrogens is 280 g/mol. The summed E-state index contributed by atoms with van der Waals surface area (Å²) in [5.41, 5.74) is 0.523. The fraction of sp³-hybridized carbons (Fsp3) is 0.294. The molecule has 0 aliphatic heterocycles. The van der Waals surface area contributed by atoms with E-state index in [1.54, 1.807) is 48.8 Å². The highest BCUT2D eigenvalue weighted by Crippen LogP contribution is 2.20. The zero-order chi connectivity index (χ0) is 15.9. The van der Waals surface area contributed by atoms with E-state index in [0.29, 0.717) is 17.1 Å². The van der Waals surface area contributed by atoms with E-state index in [-0.39, 0.29) is 18.4 Å². The first-order valence-corrected chi connectivity index (χ1v) is 7.20. The fourth-order valence-corrected chi connectivity index (χ4v) is 1.75. The van der Waals surface area contributed by atoms with Gasteiger partial charge in [-0.3, -0.25) is 9.78 Å². The van der Waals surface area contributed by atoms with Crippen molar-refractivity contribution in [2.45, 2.75) is 20.0 Å². The molecule has 0 spiro atoms. The molecule has 1 amide bonds. The van der Waals surface area contributed by atoms with Crippen LogP contribution in [0.1, 0.15) is 24.2 Å². The van der Waals surface area contributed by atoms with Gasteiger partial charge in [-0.2, -0.15) is 0 Å². The number of rotatable bonds is 6. The van der Waals surface area contributed by atoms with Crippen molar-refractivity contribution in [3.63, 3.8) is 0 Å². The molecule has 1 unspecified atom stereocenters. The standard InChI is InChI=1S/C17H20N2O3/c1-12(2)16(20)11-19-17(21)13-5-7-14(8-6-13)22-15-4-3-9-18-10-15/h3-10,12,16,20H,11H2,1-2H3,(H,19,21). The summed E-state index contributed by atoms with van der Waals surface area (Å²) in [6, 6.07) is 10.4. The van der Waals surface area contributed by atoms with Crippen molar-refractivity contribution in [3.05, 3.63) is 54.4 Å². The van der Waals surface area contributed by atoms with Crippen LogP contribution in [0.5, 0.6) is 11.5 Å². The second kappa shape index (κ2) is 7.56. The van der Waals surface area contributed by atoms with Crippen molar-refractivity contribution >= 4 is 5.91 Å². The Morgan fingerprint density at radius 1 is 1.23 bits per heavy atom. The number of amides is 1. The molecule has 0 saturated carbocycles. The van der Waals surface area contributed by atoms with Crippen LogP contribution in [-0.4, -0.2) is 28.6 Å². The third-order valence-electron chi connectivity index (χ3n) is 3.23. The van der Waals surface area contributed by atoms with Crippen molar-refractivity contribution in [1.82, 2.24) is 10.3 Å². The van der Waals surface area contributed by atoms with Gasteiger partial charge in [-0.25, -0.2) is 0 Å². The third kappa shape index (κ3) is 4.56. The average Bonchev–Trinajstić information content (AvgIpc) is 2.54. The van der Waals surface area contributed by atoms with Crippen molar-refractivity contribution in [2.75, 3.05) is 6.54 Å². The van der Waals surface area contributed by atoms with Crippen LogP contribution < -0.4 is 10.1 Å². The minimum absolute atomic E-state index is 0.107. The van der Waals surface area contributed by atoms with Crippen LogP contribution in [0.25, 0.3) is 0 Å². The highest BCUT2D eigenvalue weighted by molar-refractivity contribution is 5.94. The number of aromatic nitrogens is 1. The lowest BCUT2D eigenvalue weighted by Crippen LogP contribution is -2.34. The van der Waals surface area contributed by atoms with E-state index >= 15 is 0 Å². The van der Waals surface area contributed by atoms with E-state index in [4.69, 9.17) is 4.74 Å². The maximum absolute atomic E-state index is 12.0. The lowest BCUT2D eigenvalue weighted by molar-refractivity contribution is 0.0871. The van der Waals surface area contributed by atoms with E-state index in [1.165, 1.54) is 0 Å². The van der Waals surface area contributed by atoms with Crippen LogP contribution in [0.15, 0.2) is 48.8 Å². The molecule has 5 nitrogen and oxygen atoms in total. The van der Waals surface area contributed by atoms with Gasteiger partial charge in [0.05, 0.1) is 12.3 Å². The van der Waals surface area contributed by atoms with Gasteiger partial charge in [0.1, 0.15) is 11.5 Å². The topological polar surface area (TPSA) is 71.5 Å². The van der Waals surface area contributed by atoms with Crippen molar-refractivity contribution in [1.29, 1.82) is 0 Å². The Bertz CT molecular complexity index is 597. The highest BCUT2D eigenvalue weighted by atomic mass is 16.5. The maximum atomic E-state index is 12.0. The van der Waals surface area contributed by atoms with Crippen LogP contribution in [-0.2, 0) is 0 Å². The molecule has 0 saturated heterocycles. The average molecular weight is 300 g/mol. The number of aliphatic hydroxyl groups excluding tert-OH is 1. The summed E-state index contributed by atoms with van der Waals surface area (Å²) in [6.45, 7) is 4.05. The second-order valence-corrected chi connectivity index (χ2v) is 5.34. The van der Waals surface area contributed by atoms with Crippen molar-refractivity contribution in [3.8, 4) is 11.5 Å². The van der Waals surface area contributed by atoms with Gasteiger partial charge in [0.2, 0.25) is 0 Å². The van der Waals surface area contributed by atoms with Gasteiger partial charge in [0.15, 0.2) is 0 Å². The van der Waals surface area contributed by atoms with E-state index in [1.807, 2.05) is 13.8 Å². The zero-order valence-corrected chi connectivity index (χ0v) is 12.7. The number of hydrogen-bond donors (Lipinski definition) is 2. The Balaban J connectivity index is 1.92. The van der Waals surface area contributed by atoms with E-state index in [2.05, 4.69) is 10.3 Å². The molecule has 0 aliphatic carbocycles. The van der Waals surface area contributed by atoms with Gasteiger partial charge >= 0.3 is 0 Å².